The van der Waals surface area contributed by atoms with Crippen molar-refractivity contribution in [3.8, 4) is 0 Å². The van der Waals surface area contributed by atoms with Gasteiger partial charge in [0.25, 0.3) is 5.56 Å². The van der Waals surface area contributed by atoms with E-state index in [1.54, 1.807) is 23.1 Å². The number of aromatic nitrogens is 2. The van der Waals surface area contributed by atoms with Crippen LogP contribution in [-0.2, 0) is 24.3 Å². The number of ether oxygens (including phenoxy) is 1. The van der Waals surface area contributed by atoms with Gasteiger partial charge in [0.2, 0.25) is 0 Å². The van der Waals surface area contributed by atoms with Gasteiger partial charge in [-0.05, 0) is 22.8 Å². The molecule has 6 heteroatoms. The molecule has 0 spiro atoms. The molecule has 3 heterocycles. The van der Waals surface area contributed by atoms with E-state index in [-0.39, 0.29) is 11.7 Å². The van der Waals surface area contributed by atoms with Crippen molar-refractivity contribution in [3.05, 3.63) is 56.7 Å². The van der Waals surface area contributed by atoms with Gasteiger partial charge in [0.1, 0.15) is 4.83 Å². The van der Waals surface area contributed by atoms with Gasteiger partial charge in [-0.1, -0.05) is 62.9 Å². The second-order valence-electron chi connectivity index (χ2n) is 7.19. The van der Waals surface area contributed by atoms with Crippen LogP contribution in [0.2, 0.25) is 0 Å². The summed E-state index contributed by atoms with van der Waals surface area (Å²) in [6.45, 7) is 7.58. The Hall–Kier alpha value is -1.63. The second-order valence-corrected chi connectivity index (χ2v) is 9.50. The van der Waals surface area contributed by atoms with Gasteiger partial charge in [0.15, 0.2) is 5.16 Å². The predicted molar refractivity (Wildman–Crippen MR) is 113 cm³/mol. The van der Waals surface area contributed by atoms with Gasteiger partial charge < -0.3 is 4.74 Å². The third-order valence-corrected chi connectivity index (χ3v) is 6.95. The van der Waals surface area contributed by atoms with E-state index in [4.69, 9.17) is 9.72 Å². The highest BCUT2D eigenvalue weighted by Gasteiger charge is 2.28. The van der Waals surface area contributed by atoms with E-state index < -0.39 is 0 Å². The molecule has 0 saturated heterocycles. The molecule has 0 N–H and O–H groups in total. The first-order valence-electron chi connectivity index (χ1n) is 9.41. The largest absolute Gasteiger partial charge is 0.372 e. The van der Waals surface area contributed by atoms with Crippen molar-refractivity contribution < 1.29 is 4.74 Å². The van der Waals surface area contributed by atoms with Gasteiger partial charge in [-0.25, -0.2) is 4.98 Å². The van der Waals surface area contributed by atoms with Crippen LogP contribution in [0.3, 0.4) is 0 Å². The molecule has 0 fully saturated rings. The Balaban J connectivity index is 1.86. The minimum Gasteiger partial charge on any atom is -0.372 e. The quantitative estimate of drug-likeness (QED) is 0.459. The lowest BCUT2D eigenvalue weighted by Crippen LogP contribution is -2.28. The summed E-state index contributed by atoms with van der Waals surface area (Å²) in [6, 6.07) is 10.1. The molecule has 0 aliphatic carbocycles. The van der Waals surface area contributed by atoms with Crippen LogP contribution in [0.4, 0.5) is 0 Å². The van der Waals surface area contributed by atoms with Crippen LogP contribution in [0.25, 0.3) is 10.2 Å². The number of hydrogen-bond acceptors (Lipinski definition) is 5. The summed E-state index contributed by atoms with van der Waals surface area (Å²) >= 11 is 3.25. The maximum absolute atomic E-state index is 13.5. The van der Waals surface area contributed by atoms with Crippen LogP contribution in [0.1, 0.15) is 36.8 Å². The molecule has 0 saturated carbocycles. The highest BCUT2D eigenvalue weighted by Crippen LogP contribution is 2.35. The van der Waals surface area contributed by atoms with E-state index >= 15 is 0 Å². The molecule has 0 unspecified atom stereocenters. The molecule has 0 bridgehead atoms. The lowest BCUT2D eigenvalue weighted by Gasteiger charge is -2.26. The molecule has 1 aromatic carbocycles. The zero-order valence-electron chi connectivity index (χ0n) is 15.9. The van der Waals surface area contributed by atoms with Crippen LogP contribution in [0.15, 0.2) is 40.3 Å². The summed E-state index contributed by atoms with van der Waals surface area (Å²) in [5, 5.41) is 1.61. The zero-order chi connectivity index (χ0) is 19.0. The van der Waals surface area contributed by atoms with Gasteiger partial charge in [-0.15, -0.1) is 11.3 Å². The molecule has 0 radical (unpaired) electrons. The number of thioether (sulfide) groups is 1. The first-order chi connectivity index (χ1) is 13.1. The Labute approximate surface area is 167 Å². The molecule has 4 rings (SSSR count). The molecule has 27 heavy (non-hydrogen) atoms. The number of hydrogen-bond donors (Lipinski definition) is 0. The fourth-order valence-corrected chi connectivity index (χ4v) is 5.40. The van der Waals surface area contributed by atoms with Gasteiger partial charge in [-0.3, -0.25) is 9.36 Å². The Morgan fingerprint density at radius 1 is 1.33 bits per heavy atom. The highest BCUT2D eigenvalue weighted by atomic mass is 32.2. The Morgan fingerprint density at radius 2 is 2.11 bits per heavy atom. The smallest absolute Gasteiger partial charge is 0.263 e. The molecular weight excluding hydrogens is 376 g/mol. The standard InChI is InChI=1S/C21H24N2O2S2/c1-4-26-21-22-19-18(15-10-16(13(2)3)25-12-17(15)27-19)20(24)23(21)11-14-8-6-5-7-9-14/h5-9,13,16H,4,10-12H2,1-3H3/t16-/m0/s1. The monoisotopic (exact) mass is 400 g/mol. The topological polar surface area (TPSA) is 44.1 Å². The SMILES string of the molecule is CCSc1nc2sc3c(c2c(=O)n1Cc1ccccc1)C[C@@H](C(C)C)OC3. The minimum absolute atomic E-state index is 0.0849. The van der Waals surface area contributed by atoms with Crippen molar-refractivity contribution in [1.29, 1.82) is 0 Å². The van der Waals surface area contributed by atoms with Crippen LogP contribution >= 0.6 is 23.1 Å². The van der Waals surface area contributed by atoms with Gasteiger partial charge in [0, 0.05) is 11.3 Å². The Kier molecular flexibility index (Phi) is 5.39. The first kappa shape index (κ1) is 18.7. The number of benzene rings is 1. The summed E-state index contributed by atoms with van der Waals surface area (Å²) < 4.78 is 7.85. The van der Waals surface area contributed by atoms with Crippen molar-refractivity contribution in [1.82, 2.24) is 9.55 Å². The van der Waals surface area contributed by atoms with Gasteiger partial charge in [0.05, 0.1) is 24.6 Å². The lowest BCUT2D eigenvalue weighted by molar-refractivity contribution is 0.00200. The molecule has 2 aromatic heterocycles. The molecule has 1 aliphatic heterocycles. The molecule has 4 nitrogen and oxygen atoms in total. The summed E-state index contributed by atoms with van der Waals surface area (Å²) in [5.74, 6) is 1.32. The van der Waals surface area contributed by atoms with Crippen molar-refractivity contribution in [2.24, 2.45) is 5.92 Å². The molecule has 1 aliphatic rings. The highest BCUT2D eigenvalue weighted by molar-refractivity contribution is 7.99. The maximum Gasteiger partial charge on any atom is 0.263 e. The molecule has 3 aromatic rings. The zero-order valence-corrected chi connectivity index (χ0v) is 17.5. The predicted octanol–water partition coefficient (Wildman–Crippen LogP) is 4.72. The van der Waals surface area contributed by atoms with E-state index in [2.05, 4.69) is 32.9 Å². The molecule has 142 valence electrons. The summed E-state index contributed by atoms with van der Waals surface area (Å²) in [6.07, 6.45) is 0.970. The van der Waals surface area contributed by atoms with E-state index in [0.717, 1.165) is 43.6 Å². The summed E-state index contributed by atoms with van der Waals surface area (Å²) in [5.41, 5.74) is 2.36. The summed E-state index contributed by atoms with van der Waals surface area (Å²) in [7, 11) is 0. The number of fused-ring (bicyclic) bond motifs is 3. The fraction of sp³-hybridized carbons (Fsp3) is 0.429. The molecular formula is C21H24N2O2S2. The van der Waals surface area contributed by atoms with Crippen molar-refractivity contribution >= 4 is 33.3 Å². The maximum atomic E-state index is 13.5. The van der Waals surface area contributed by atoms with Crippen molar-refractivity contribution in [2.45, 2.75) is 51.6 Å². The lowest BCUT2D eigenvalue weighted by atomic mass is 9.96. The van der Waals surface area contributed by atoms with Gasteiger partial charge >= 0.3 is 0 Å². The van der Waals surface area contributed by atoms with E-state index in [0.29, 0.717) is 19.1 Å². The van der Waals surface area contributed by atoms with Crippen LogP contribution in [0, 0.1) is 5.92 Å². The van der Waals surface area contributed by atoms with E-state index in [1.807, 2.05) is 22.8 Å². The van der Waals surface area contributed by atoms with Crippen LogP contribution in [-0.4, -0.2) is 21.4 Å². The van der Waals surface area contributed by atoms with Crippen molar-refractivity contribution in [3.63, 3.8) is 0 Å². The molecule has 1 atom stereocenters. The first-order valence-corrected chi connectivity index (χ1v) is 11.2. The number of thiophene rings is 1. The minimum atomic E-state index is 0.0849. The van der Waals surface area contributed by atoms with E-state index in [9.17, 15) is 4.79 Å². The van der Waals surface area contributed by atoms with Crippen molar-refractivity contribution in [2.75, 3.05) is 5.75 Å². The molecule has 0 amide bonds. The fourth-order valence-electron chi connectivity index (χ4n) is 3.51. The average Bonchev–Trinajstić information content (AvgIpc) is 3.03. The Morgan fingerprint density at radius 3 is 2.81 bits per heavy atom. The van der Waals surface area contributed by atoms with Crippen LogP contribution in [0.5, 0.6) is 0 Å². The third-order valence-electron chi connectivity index (χ3n) is 4.99. The normalized spacial score (nSPS) is 16.8. The van der Waals surface area contributed by atoms with E-state index in [1.165, 1.54) is 0 Å². The average molecular weight is 401 g/mol. The Bertz CT molecular complexity index is 1010. The van der Waals surface area contributed by atoms with Gasteiger partial charge in [-0.2, -0.15) is 0 Å². The second kappa shape index (κ2) is 7.78. The number of nitrogens with zero attached hydrogens (tertiary/aromatic N) is 2. The number of rotatable bonds is 5. The summed E-state index contributed by atoms with van der Waals surface area (Å²) in [4.78, 5) is 20.4. The van der Waals surface area contributed by atoms with Crippen LogP contribution < -0.4 is 5.56 Å². The third kappa shape index (κ3) is 3.58.